The fourth-order valence-electron chi connectivity index (χ4n) is 3.32. The lowest BCUT2D eigenvalue weighted by Gasteiger charge is -2.24. The summed E-state index contributed by atoms with van der Waals surface area (Å²) in [5.41, 5.74) is 4.54. The highest BCUT2D eigenvalue weighted by Gasteiger charge is 2.28. The number of nitrogens with zero attached hydrogens (tertiary/aromatic N) is 3. The molecule has 1 aromatic heterocycles. The van der Waals surface area contributed by atoms with Crippen molar-refractivity contribution in [3.63, 3.8) is 0 Å². The van der Waals surface area contributed by atoms with E-state index in [0.717, 1.165) is 15.3 Å². The number of sulfonamides is 1. The van der Waals surface area contributed by atoms with Crippen molar-refractivity contribution in [3.8, 4) is 0 Å². The molecule has 4 aromatic rings. The molecule has 7 nitrogen and oxygen atoms in total. The minimum atomic E-state index is -4.10. The summed E-state index contributed by atoms with van der Waals surface area (Å²) in [4.78, 5) is 17.1. The molecule has 4 rings (SSSR count). The van der Waals surface area contributed by atoms with E-state index in [2.05, 4.69) is 15.5 Å². The number of hydrazone groups is 1. The smallest absolute Gasteiger partial charge is 0.264 e. The van der Waals surface area contributed by atoms with Crippen molar-refractivity contribution in [1.82, 2.24) is 10.4 Å². The van der Waals surface area contributed by atoms with Crippen LogP contribution in [0.1, 0.15) is 11.1 Å². The molecule has 9 heteroatoms. The molecule has 0 saturated carbocycles. The maximum absolute atomic E-state index is 13.6. The van der Waals surface area contributed by atoms with E-state index in [1.165, 1.54) is 42.6 Å². The van der Waals surface area contributed by atoms with Gasteiger partial charge in [0, 0.05) is 11.6 Å². The first kappa shape index (κ1) is 23.1. The average molecular weight is 477 g/mol. The number of carbonyl (C=O) groups is 1. The van der Waals surface area contributed by atoms with E-state index in [0.29, 0.717) is 11.1 Å². The number of rotatable bonds is 7. The number of fused-ring (bicyclic) bond motifs is 1. The number of aromatic nitrogens is 1. The number of para-hydroxylation sites is 1. The second-order valence-electron chi connectivity index (χ2n) is 7.52. The van der Waals surface area contributed by atoms with E-state index in [9.17, 15) is 17.6 Å². The molecule has 0 aliphatic heterocycles. The molecule has 0 bridgehead atoms. The summed E-state index contributed by atoms with van der Waals surface area (Å²) in [5.74, 6) is -1.04. The van der Waals surface area contributed by atoms with Gasteiger partial charge in [0.1, 0.15) is 12.4 Å². The second-order valence-corrected chi connectivity index (χ2v) is 9.38. The number of pyridine rings is 1. The third-order valence-corrected chi connectivity index (χ3v) is 6.82. The van der Waals surface area contributed by atoms with Crippen LogP contribution in [0.3, 0.4) is 0 Å². The Morgan fingerprint density at radius 3 is 2.47 bits per heavy atom. The number of benzene rings is 3. The zero-order valence-electron chi connectivity index (χ0n) is 18.2. The van der Waals surface area contributed by atoms with Gasteiger partial charge in [0.2, 0.25) is 0 Å². The van der Waals surface area contributed by atoms with E-state index in [1.807, 2.05) is 19.1 Å². The monoisotopic (exact) mass is 476 g/mol. The minimum absolute atomic E-state index is 0.0497. The minimum Gasteiger partial charge on any atom is -0.271 e. The predicted molar refractivity (Wildman–Crippen MR) is 130 cm³/mol. The first-order chi connectivity index (χ1) is 16.3. The van der Waals surface area contributed by atoms with Crippen LogP contribution in [0.2, 0.25) is 0 Å². The van der Waals surface area contributed by atoms with Gasteiger partial charge in [0.25, 0.3) is 15.9 Å². The van der Waals surface area contributed by atoms with Gasteiger partial charge in [-0.2, -0.15) is 5.10 Å². The highest BCUT2D eigenvalue weighted by Crippen LogP contribution is 2.29. The Hall–Kier alpha value is -4.11. The Balaban J connectivity index is 1.67. The highest BCUT2D eigenvalue weighted by atomic mass is 32.2. The van der Waals surface area contributed by atoms with Gasteiger partial charge in [-0.1, -0.05) is 48.0 Å². The van der Waals surface area contributed by atoms with Crippen LogP contribution in [0, 0.1) is 12.7 Å². The number of amides is 1. The van der Waals surface area contributed by atoms with Gasteiger partial charge in [0.15, 0.2) is 0 Å². The van der Waals surface area contributed by atoms with E-state index >= 15 is 0 Å². The molecule has 3 aromatic carbocycles. The summed E-state index contributed by atoms with van der Waals surface area (Å²) in [6, 6.07) is 20.6. The second kappa shape index (κ2) is 9.80. The van der Waals surface area contributed by atoms with Crippen molar-refractivity contribution in [1.29, 1.82) is 0 Å². The molecule has 1 heterocycles. The number of carbonyl (C=O) groups excluding carboxylic acids is 1. The van der Waals surface area contributed by atoms with E-state index in [4.69, 9.17) is 0 Å². The highest BCUT2D eigenvalue weighted by molar-refractivity contribution is 7.92. The lowest BCUT2D eigenvalue weighted by atomic mass is 10.2. The Bertz CT molecular complexity index is 1450. The van der Waals surface area contributed by atoms with Crippen molar-refractivity contribution in [2.24, 2.45) is 5.10 Å². The van der Waals surface area contributed by atoms with Gasteiger partial charge >= 0.3 is 0 Å². The predicted octanol–water partition coefficient (Wildman–Crippen LogP) is 4.03. The maximum atomic E-state index is 13.6. The largest absolute Gasteiger partial charge is 0.271 e. The van der Waals surface area contributed by atoms with Crippen molar-refractivity contribution < 1.29 is 17.6 Å². The molecule has 0 saturated heterocycles. The summed E-state index contributed by atoms with van der Waals surface area (Å²) in [6.45, 7) is 1.34. The fraction of sp³-hybridized carbons (Fsp3) is 0.0800. The summed E-state index contributed by atoms with van der Waals surface area (Å²) < 4.78 is 41.3. The molecule has 1 amide bonds. The van der Waals surface area contributed by atoms with Crippen LogP contribution < -0.4 is 9.73 Å². The van der Waals surface area contributed by atoms with E-state index < -0.39 is 22.5 Å². The van der Waals surface area contributed by atoms with Crippen molar-refractivity contribution in [2.45, 2.75) is 11.8 Å². The van der Waals surface area contributed by atoms with Gasteiger partial charge in [-0.05, 0) is 48.9 Å². The molecule has 0 aliphatic carbocycles. The zero-order valence-corrected chi connectivity index (χ0v) is 19.0. The molecular formula is C25H21FN4O3S. The maximum Gasteiger partial charge on any atom is 0.264 e. The molecule has 0 spiro atoms. The van der Waals surface area contributed by atoms with E-state index in [1.54, 1.807) is 36.5 Å². The van der Waals surface area contributed by atoms with Gasteiger partial charge in [-0.25, -0.2) is 18.2 Å². The topological polar surface area (TPSA) is 91.7 Å². The molecule has 0 fully saturated rings. The Kier molecular flexibility index (Phi) is 6.65. The Morgan fingerprint density at radius 1 is 1.03 bits per heavy atom. The molecule has 34 heavy (non-hydrogen) atoms. The number of nitrogens with one attached hydrogen (secondary N) is 1. The van der Waals surface area contributed by atoms with Crippen LogP contribution >= 0.6 is 0 Å². The van der Waals surface area contributed by atoms with E-state index in [-0.39, 0.29) is 16.4 Å². The summed E-state index contributed by atoms with van der Waals surface area (Å²) in [5, 5.41) is 4.60. The van der Waals surface area contributed by atoms with Gasteiger partial charge in [-0.3, -0.25) is 14.1 Å². The lowest BCUT2D eigenvalue weighted by Crippen LogP contribution is -2.39. The average Bonchev–Trinajstić information content (AvgIpc) is 2.84. The van der Waals surface area contributed by atoms with Crippen LogP contribution in [0.15, 0.2) is 95.1 Å². The Morgan fingerprint density at radius 2 is 1.74 bits per heavy atom. The van der Waals surface area contributed by atoms with Gasteiger partial charge in [-0.15, -0.1) is 0 Å². The number of aryl methyl sites for hydroxylation is 1. The zero-order chi connectivity index (χ0) is 24.1. The van der Waals surface area contributed by atoms with Crippen LogP contribution in [0.25, 0.3) is 10.9 Å². The summed E-state index contributed by atoms with van der Waals surface area (Å²) in [7, 11) is -4.10. The number of halogens is 1. The first-order valence-electron chi connectivity index (χ1n) is 10.4. The first-order valence-corrected chi connectivity index (χ1v) is 11.8. The third-order valence-electron chi connectivity index (χ3n) is 5.05. The van der Waals surface area contributed by atoms with Crippen LogP contribution in [0.4, 0.5) is 10.1 Å². The lowest BCUT2D eigenvalue weighted by molar-refractivity contribution is -0.119. The normalized spacial score (nSPS) is 11.6. The molecule has 0 aliphatic rings. The molecule has 172 valence electrons. The van der Waals surface area contributed by atoms with Crippen LogP contribution in [-0.2, 0) is 14.8 Å². The fourth-order valence-corrected chi connectivity index (χ4v) is 4.75. The third kappa shape index (κ3) is 5.10. The number of hydrogen-bond donors (Lipinski definition) is 1. The summed E-state index contributed by atoms with van der Waals surface area (Å²) >= 11 is 0. The molecule has 0 unspecified atom stereocenters. The van der Waals surface area contributed by atoms with Crippen molar-refractivity contribution in [3.05, 3.63) is 102 Å². The summed E-state index contributed by atoms with van der Waals surface area (Å²) in [6.07, 6.45) is 2.91. The molecule has 1 N–H and O–H groups in total. The Labute approximate surface area is 196 Å². The number of hydrogen-bond acceptors (Lipinski definition) is 5. The van der Waals surface area contributed by atoms with Gasteiger partial charge < -0.3 is 0 Å². The SMILES string of the molecule is Cc1ccc(S(=O)(=O)N(CC(=O)N/N=C\c2ccc(F)cc2)c2cccc3cccnc23)cc1. The molecule has 0 radical (unpaired) electrons. The van der Waals surface area contributed by atoms with Crippen LogP contribution in [-0.4, -0.2) is 32.1 Å². The quantitative estimate of drug-likeness (QED) is 0.322. The van der Waals surface area contributed by atoms with Crippen LogP contribution in [0.5, 0.6) is 0 Å². The van der Waals surface area contributed by atoms with Crippen molar-refractivity contribution in [2.75, 3.05) is 10.8 Å². The standard InChI is InChI=1S/C25H21FN4O3S/c1-18-7-13-22(14-8-18)34(32,33)30(23-6-2-4-20-5-3-15-27-25(20)23)17-24(31)29-28-16-19-9-11-21(26)12-10-19/h2-16H,17H2,1H3,(H,29,31)/b28-16-. The molecule has 0 atom stereocenters. The number of anilines is 1. The van der Waals surface area contributed by atoms with Gasteiger partial charge in [0.05, 0.1) is 22.3 Å². The molecular weight excluding hydrogens is 455 g/mol. The van der Waals surface area contributed by atoms with Crippen molar-refractivity contribution >= 4 is 38.7 Å².